The number of carboxylic acids is 1. The molecule has 1 fully saturated rings. The van der Waals surface area contributed by atoms with Crippen molar-refractivity contribution in [2.75, 3.05) is 0 Å². The Balaban J connectivity index is 1.75. The molecule has 2 aromatic rings. The molecule has 0 saturated heterocycles. The molecule has 0 bridgehead atoms. The summed E-state index contributed by atoms with van der Waals surface area (Å²) in [4.78, 5) is 36.3. The molecule has 2 aromatic carbocycles. The number of aromatic hydroxyl groups is 4. The second kappa shape index (κ2) is 11.0. The van der Waals surface area contributed by atoms with E-state index in [4.69, 9.17) is 9.47 Å². The van der Waals surface area contributed by atoms with Gasteiger partial charge in [-0.3, -0.25) is 0 Å². The fourth-order valence-corrected chi connectivity index (χ4v) is 3.66. The highest BCUT2D eigenvalue weighted by Crippen LogP contribution is 2.33. The smallest absolute Gasteiger partial charge is 0.335 e. The van der Waals surface area contributed by atoms with Gasteiger partial charge >= 0.3 is 17.9 Å². The van der Waals surface area contributed by atoms with Crippen LogP contribution in [0.5, 0.6) is 23.0 Å². The summed E-state index contributed by atoms with van der Waals surface area (Å²) in [5, 5.41) is 68.0. The molecule has 7 N–H and O–H groups in total. The molecule has 1 aliphatic carbocycles. The van der Waals surface area contributed by atoms with E-state index in [1.54, 1.807) is 0 Å². The molecule has 4 atom stereocenters. The van der Waals surface area contributed by atoms with Crippen LogP contribution in [0.1, 0.15) is 24.0 Å². The van der Waals surface area contributed by atoms with E-state index < -0.39 is 66.2 Å². The fraction of sp³-hybridized carbons (Fsp3) is 0.240. The van der Waals surface area contributed by atoms with Crippen LogP contribution in [0.4, 0.5) is 0 Å². The first-order valence-electron chi connectivity index (χ1n) is 10.8. The topological polar surface area (TPSA) is 211 Å². The van der Waals surface area contributed by atoms with Crippen molar-refractivity contribution in [1.82, 2.24) is 0 Å². The van der Waals surface area contributed by atoms with Crippen LogP contribution in [0.15, 0.2) is 48.6 Å². The molecule has 3 rings (SSSR count). The van der Waals surface area contributed by atoms with E-state index >= 15 is 0 Å². The summed E-state index contributed by atoms with van der Waals surface area (Å²) >= 11 is 0. The van der Waals surface area contributed by atoms with Gasteiger partial charge in [0.15, 0.2) is 34.7 Å². The van der Waals surface area contributed by atoms with Crippen LogP contribution >= 0.6 is 0 Å². The molecule has 1 saturated carbocycles. The Bertz CT molecular complexity index is 1250. The van der Waals surface area contributed by atoms with Crippen molar-refractivity contribution in [2.24, 2.45) is 0 Å². The van der Waals surface area contributed by atoms with E-state index in [0.717, 1.165) is 18.2 Å². The lowest BCUT2D eigenvalue weighted by Gasteiger charge is -2.40. The maximum absolute atomic E-state index is 12.4. The third-order valence-corrected chi connectivity index (χ3v) is 5.57. The second-order valence-corrected chi connectivity index (χ2v) is 8.35. The van der Waals surface area contributed by atoms with Gasteiger partial charge in [-0.05, 0) is 47.5 Å². The largest absolute Gasteiger partial charge is 0.504 e. The second-order valence-electron chi connectivity index (χ2n) is 8.35. The van der Waals surface area contributed by atoms with Crippen molar-refractivity contribution in [3.8, 4) is 23.0 Å². The lowest BCUT2D eigenvalue weighted by Crippen LogP contribution is -2.58. The van der Waals surface area contributed by atoms with Gasteiger partial charge in [-0.2, -0.15) is 0 Å². The van der Waals surface area contributed by atoms with E-state index in [9.17, 15) is 50.1 Å². The maximum atomic E-state index is 12.4. The zero-order valence-electron chi connectivity index (χ0n) is 19.1. The number of aliphatic carboxylic acids is 1. The van der Waals surface area contributed by atoms with Gasteiger partial charge in [0.25, 0.3) is 0 Å². The normalized spacial score (nSPS) is 23.7. The van der Waals surface area contributed by atoms with Gasteiger partial charge in [0.05, 0.1) is 6.10 Å². The van der Waals surface area contributed by atoms with Crippen molar-refractivity contribution in [3.63, 3.8) is 0 Å². The highest BCUT2D eigenvalue weighted by molar-refractivity contribution is 5.88. The van der Waals surface area contributed by atoms with Crippen molar-refractivity contribution in [2.45, 2.75) is 36.8 Å². The Morgan fingerprint density at radius 2 is 1.27 bits per heavy atom. The third kappa shape index (κ3) is 6.78. The van der Waals surface area contributed by atoms with Crippen LogP contribution in [-0.2, 0) is 23.9 Å². The van der Waals surface area contributed by atoms with E-state index in [1.165, 1.54) is 42.5 Å². The van der Waals surface area contributed by atoms with E-state index in [1.807, 2.05) is 0 Å². The first-order chi connectivity index (χ1) is 17.4. The molecule has 0 radical (unpaired) electrons. The summed E-state index contributed by atoms with van der Waals surface area (Å²) in [5.74, 6) is -5.29. The summed E-state index contributed by atoms with van der Waals surface area (Å²) in [5.41, 5.74) is -1.82. The highest BCUT2D eigenvalue weighted by Gasteiger charge is 2.52. The Morgan fingerprint density at radius 3 is 1.73 bits per heavy atom. The number of hydrogen-bond donors (Lipinski definition) is 7. The predicted molar refractivity (Wildman–Crippen MR) is 125 cm³/mol. The quantitative estimate of drug-likeness (QED) is 0.156. The molecule has 0 amide bonds. The van der Waals surface area contributed by atoms with Gasteiger partial charge in [0, 0.05) is 25.0 Å². The molecule has 0 aromatic heterocycles. The Hall–Kier alpha value is -4.55. The summed E-state index contributed by atoms with van der Waals surface area (Å²) in [7, 11) is 0. The number of carbonyl (C=O) groups is 3. The van der Waals surface area contributed by atoms with E-state index in [0.29, 0.717) is 11.1 Å². The van der Waals surface area contributed by atoms with Gasteiger partial charge in [-0.15, -0.1) is 0 Å². The van der Waals surface area contributed by atoms with E-state index in [2.05, 4.69) is 0 Å². The third-order valence-electron chi connectivity index (χ3n) is 5.57. The number of aliphatic hydroxyl groups excluding tert-OH is 1. The van der Waals surface area contributed by atoms with Gasteiger partial charge < -0.3 is 45.2 Å². The molecule has 1 aliphatic rings. The number of ether oxygens (including phenoxy) is 2. The Kier molecular flexibility index (Phi) is 8.05. The summed E-state index contributed by atoms with van der Waals surface area (Å²) in [6.07, 6.45) is -1.86. The van der Waals surface area contributed by atoms with Crippen molar-refractivity contribution in [3.05, 3.63) is 59.7 Å². The number of phenolic OH excluding ortho intramolecular Hbond substituents is 4. The molecular formula is C25H24O12. The number of carboxylic acid groups (broad SMARTS) is 1. The van der Waals surface area contributed by atoms with E-state index in [-0.39, 0.29) is 11.5 Å². The minimum absolute atomic E-state index is 0.311. The monoisotopic (exact) mass is 516 g/mol. The molecule has 12 nitrogen and oxygen atoms in total. The lowest BCUT2D eigenvalue weighted by atomic mass is 9.79. The molecule has 37 heavy (non-hydrogen) atoms. The number of hydrogen-bond acceptors (Lipinski definition) is 11. The van der Waals surface area contributed by atoms with Crippen LogP contribution in [0.2, 0.25) is 0 Å². The lowest BCUT2D eigenvalue weighted by molar-refractivity contribution is -0.204. The summed E-state index contributed by atoms with van der Waals surface area (Å²) < 4.78 is 10.4. The van der Waals surface area contributed by atoms with Gasteiger partial charge in [0.2, 0.25) is 0 Å². The van der Waals surface area contributed by atoms with Gasteiger partial charge in [-0.25, -0.2) is 14.4 Å². The van der Waals surface area contributed by atoms with Crippen LogP contribution in [0, 0.1) is 0 Å². The first-order valence-corrected chi connectivity index (χ1v) is 10.8. The predicted octanol–water partition coefficient (Wildman–Crippen LogP) is 1.03. The van der Waals surface area contributed by atoms with Crippen LogP contribution < -0.4 is 0 Å². The molecule has 196 valence electrons. The van der Waals surface area contributed by atoms with Crippen molar-refractivity contribution < 1.29 is 59.6 Å². The molecule has 12 heteroatoms. The number of aliphatic hydroxyl groups is 2. The Morgan fingerprint density at radius 1 is 0.784 bits per heavy atom. The Labute approximate surface area is 209 Å². The average molecular weight is 516 g/mol. The number of carbonyl (C=O) groups excluding carboxylic acids is 2. The summed E-state index contributed by atoms with van der Waals surface area (Å²) in [6.45, 7) is 0. The average Bonchev–Trinajstić information content (AvgIpc) is 2.82. The molecular weight excluding hydrogens is 492 g/mol. The fourth-order valence-electron chi connectivity index (χ4n) is 3.66. The number of rotatable bonds is 7. The highest BCUT2D eigenvalue weighted by atomic mass is 16.6. The minimum atomic E-state index is -2.46. The zero-order valence-corrected chi connectivity index (χ0v) is 19.1. The number of benzene rings is 2. The number of phenols is 4. The zero-order chi connectivity index (χ0) is 27.3. The standard InChI is InChI=1S/C25H24O12/c26-15-5-1-13(9-17(15)28)3-7-21(31)36-20-12-25(35,24(33)34)11-19(30)23(20)37-22(32)8-4-14-2-6-16(27)18(29)10-14/h1-10,19-20,23,26-30,35H,11-12H2,(H,33,34)/t19?,20?,23-,25+/m0/s1. The van der Waals surface area contributed by atoms with Gasteiger partial charge in [0.1, 0.15) is 6.10 Å². The molecule has 0 heterocycles. The summed E-state index contributed by atoms with van der Waals surface area (Å²) in [6, 6.07) is 7.50. The van der Waals surface area contributed by atoms with Gasteiger partial charge in [-0.1, -0.05) is 12.1 Å². The van der Waals surface area contributed by atoms with Crippen molar-refractivity contribution >= 4 is 30.1 Å². The SMILES string of the molecule is O=C(C=Cc1ccc(O)c(O)c1)OC1C[C@@](O)(C(=O)O)CC(O)[C@@H]1OC(=O)C=Cc1ccc(O)c(O)c1. The van der Waals surface area contributed by atoms with Crippen LogP contribution in [0.25, 0.3) is 12.2 Å². The van der Waals surface area contributed by atoms with Crippen LogP contribution in [-0.4, -0.2) is 77.6 Å². The minimum Gasteiger partial charge on any atom is -0.504 e. The van der Waals surface area contributed by atoms with Crippen molar-refractivity contribution in [1.29, 1.82) is 0 Å². The number of esters is 2. The first kappa shape index (κ1) is 27.0. The maximum Gasteiger partial charge on any atom is 0.335 e. The molecule has 2 unspecified atom stereocenters. The van der Waals surface area contributed by atoms with Crippen LogP contribution in [0.3, 0.4) is 0 Å². The molecule has 0 spiro atoms. The molecule has 0 aliphatic heterocycles.